The van der Waals surface area contributed by atoms with Crippen LogP contribution in [0.25, 0.3) is 10.9 Å². The van der Waals surface area contributed by atoms with Crippen molar-refractivity contribution in [1.29, 1.82) is 0 Å². The van der Waals surface area contributed by atoms with Gasteiger partial charge in [-0.25, -0.2) is 4.98 Å². The molecule has 1 aromatic carbocycles. The summed E-state index contributed by atoms with van der Waals surface area (Å²) in [6.07, 6.45) is 5.84. The number of rotatable bonds is 5. The van der Waals surface area contributed by atoms with Gasteiger partial charge in [0.05, 0.1) is 11.7 Å². The maximum absolute atomic E-state index is 13.4. The highest BCUT2D eigenvalue weighted by Crippen LogP contribution is 2.30. The number of aromatic nitrogens is 2. The number of H-pyrrole nitrogens is 1. The number of thiazole rings is 1. The molecule has 3 N–H and O–H groups in total. The molecule has 12 heteroatoms. The van der Waals surface area contributed by atoms with E-state index in [0.29, 0.717) is 35.0 Å². The molecule has 41 heavy (non-hydrogen) atoms. The van der Waals surface area contributed by atoms with Crippen LogP contribution < -0.4 is 10.6 Å². The number of carbonyl (C=O) groups is 3. The van der Waals surface area contributed by atoms with E-state index in [1.807, 2.05) is 17.0 Å². The maximum Gasteiger partial charge on any atom is 0.280 e. The van der Waals surface area contributed by atoms with Crippen LogP contribution in [0, 0.1) is 5.92 Å². The Morgan fingerprint density at radius 1 is 1.02 bits per heavy atom. The second-order valence-electron chi connectivity index (χ2n) is 11.3. The summed E-state index contributed by atoms with van der Waals surface area (Å²) in [6.45, 7) is 3.32. The zero-order valence-corrected chi connectivity index (χ0v) is 25.5. The standard InChI is InChI=1S/C29H35ClN6O3S.ClH/c1-35-12-9-22-25(16-35)40-28(34-22)27(38)33-23-14-17(29(39)36-10-3-2-4-11-36)5-7-21(23)32-26(37)24-15-18-13-19(30)6-8-20(18)31-24;/h6,8,13,15,17,21,23,31H,2-5,7,9-12,14,16H2,1H3,(H,32,37)(H,33,38);1H/t17-,21+,23-;/m1./s1. The Hall–Kier alpha value is -2.66. The number of hydrogen-bond donors (Lipinski definition) is 3. The first-order valence-electron chi connectivity index (χ1n) is 14.2. The zero-order chi connectivity index (χ0) is 27.8. The lowest BCUT2D eigenvalue weighted by Gasteiger charge is -2.38. The van der Waals surface area contributed by atoms with E-state index in [1.54, 1.807) is 12.1 Å². The average molecular weight is 620 g/mol. The number of halogens is 2. The quantitative estimate of drug-likeness (QED) is 0.393. The highest BCUT2D eigenvalue weighted by atomic mass is 35.5. The molecule has 0 spiro atoms. The molecule has 1 saturated carbocycles. The predicted octanol–water partition coefficient (Wildman–Crippen LogP) is 4.40. The summed E-state index contributed by atoms with van der Waals surface area (Å²) in [4.78, 5) is 53.3. The molecule has 2 aliphatic heterocycles. The van der Waals surface area contributed by atoms with E-state index in [1.165, 1.54) is 11.3 Å². The van der Waals surface area contributed by atoms with E-state index < -0.39 is 0 Å². The summed E-state index contributed by atoms with van der Waals surface area (Å²) in [7, 11) is 2.07. The molecule has 1 aliphatic carbocycles. The van der Waals surface area contributed by atoms with Gasteiger partial charge in [-0.15, -0.1) is 23.7 Å². The van der Waals surface area contributed by atoms with Crippen molar-refractivity contribution >= 4 is 64.0 Å². The maximum atomic E-state index is 13.4. The Kier molecular flexibility index (Phi) is 9.23. The van der Waals surface area contributed by atoms with Crippen LogP contribution in [0.2, 0.25) is 5.02 Å². The fourth-order valence-corrected chi connectivity index (χ4v) is 7.49. The van der Waals surface area contributed by atoms with E-state index in [-0.39, 0.29) is 48.1 Å². The largest absolute Gasteiger partial charge is 0.351 e. The molecule has 3 aromatic rings. The second-order valence-corrected chi connectivity index (χ2v) is 12.9. The zero-order valence-electron chi connectivity index (χ0n) is 23.1. The lowest BCUT2D eigenvalue weighted by molar-refractivity contribution is -0.137. The summed E-state index contributed by atoms with van der Waals surface area (Å²) >= 11 is 7.56. The molecular formula is C29H36Cl2N6O3S. The number of likely N-dealkylation sites (N-methyl/N-ethyl adjacent to an activating group) is 1. The summed E-state index contributed by atoms with van der Waals surface area (Å²) in [5.74, 6) is -0.489. The van der Waals surface area contributed by atoms with Crippen LogP contribution in [0.4, 0.5) is 0 Å². The SMILES string of the molecule is CN1CCc2nc(C(=O)N[C@@H]3C[C@H](C(=O)N4CCCCC4)CC[C@@H]3NC(=O)c3cc4cc(Cl)ccc4[nH]3)sc2C1.Cl. The van der Waals surface area contributed by atoms with Crippen molar-refractivity contribution in [2.45, 2.75) is 63.6 Å². The van der Waals surface area contributed by atoms with E-state index >= 15 is 0 Å². The molecule has 4 heterocycles. The van der Waals surface area contributed by atoms with E-state index in [4.69, 9.17) is 11.6 Å². The molecule has 3 aliphatic rings. The van der Waals surface area contributed by atoms with Crippen LogP contribution in [0.5, 0.6) is 0 Å². The summed E-state index contributed by atoms with van der Waals surface area (Å²) in [6, 6.07) is 6.54. The van der Waals surface area contributed by atoms with Crippen molar-refractivity contribution in [2.75, 3.05) is 26.7 Å². The third-order valence-electron chi connectivity index (χ3n) is 8.44. The Bertz CT molecular complexity index is 1440. The highest BCUT2D eigenvalue weighted by Gasteiger charge is 2.38. The number of aromatic amines is 1. The third kappa shape index (κ3) is 6.56. The van der Waals surface area contributed by atoms with Crippen LogP contribution in [0.1, 0.15) is 69.4 Å². The van der Waals surface area contributed by atoms with Gasteiger partial charge in [0, 0.05) is 65.4 Å². The molecule has 0 unspecified atom stereocenters. The summed E-state index contributed by atoms with van der Waals surface area (Å²) < 4.78 is 0. The number of likely N-dealkylation sites (tertiary alicyclic amines) is 1. The highest BCUT2D eigenvalue weighted by molar-refractivity contribution is 7.13. The first-order valence-corrected chi connectivity index (χ1v) is 15.4. The van der Waals surface area contributed by atoms with Crippen molar-refractivity contribution in [1.82, 2.24) is 30.4 Å². The Morgan fingerprint density at radius 3 is 2.61 bits per heavy atom. The Labute approximate surface area is 254 Å². The van der Waals surface area contributed by atoms with Gasteiger partial charge in [0.1, 0.15) is 5.69 Å². The molecule has 1 saturated heterocycles. The predicted molar refractivity (Wildman–Crippen MR) is 163 cm³/mol. The topological polar surface area (TPSA) is 110 Å². The van der Waals surface area contributed by atoms with Crippen molar-refractivity contribution in [3.63, 3.8) is 0 Å². The van der Waals surface area contributed by atoms with Gasteiger partial charge in [0.2, 0.25) is 5.91 Å². The number of benzene rings is 1. The van der Waals surface area contributed by atoms with Crippen LogP contribution in [-0.2, 0) is 17.8 Å². The Balaban J connectivity index is 0.00000337. The van der Waals surface area contributed by atoms with Crippen LogP contribution in [-0.4, -0.2) is 76.3 Å². The Morgan fingerprint density at radius 2 is 1.80 bits per heavy atom. The van der Waals surface area contributed by atoms with Gasteiger partial charge in [-0.1, -0.05) is 11.6 Å². The van der Waals surface area contributed by atoms with Gasteiger partial charge in [0.15, 0.2) is 5.01 Å². The lowest BCUT2D eigenvalue weighted by atomic mass is 9.81. The van der Waals surface area contributed by atoms with Crippen molar-refractivity contribution in [3.05, 3.63) is 50.6 Å². The van der Waals surface area contributed by atoms with Crippen LogP contribution in [0.3, 0.4) is 0 Å². The minimum atomic E-state index is -0.383. The summed E-state index contributed by atoms with van der Waals surface area (Å²) in [5, 5.41) is 8.22. The minimum Gasteiger partial charge on any atom is -0.351 e. The average Bonchev–Trinajstić information content (AvgIpc) is 3.58. The van der Waals surface area contributed by atoms with Gasteiger partial charge in [-0.05, 0) is 69.8 Å². The molecule has 220 valence electrons. The van der Waals surface area contributed by atoms with E-state index in [2.05, 4.69) is 32.5 Å². The first-order chi connectivity index (χ1) is 19.3. The van der Waals surface area contributed by atoms with Crippen molar-refractivity contribution < 1.29 is 14.4 Å². The summed E-state index contributed by atoms with van der Waals surface area (Å²) in [5.41, 5.74) is 2.26. The molecule has 0 bridgehead atoms. The normalized spacial score (nSPS) is 23.0. The molecule has 2 fully saturated rings. The number of carbonyl (C=O) groups excluding carboxylic acids is 3. The monoisotopic (exact) mass is 618 g/mol. The third-order valence-corrected chi connectivity index (χ3v) is 9.76. The van der Waals surface area contributed by atoms with E-state index in [9.17, 15) is 14.4 Å². The number of nitrogens with one attached hydrogen (secondary N) is 3. The molecular weight excluding hydrogens is 583 g/mol. The molecule has 6 rings (SSSR count). The lowest BCUT2D eigenvalue weighted by Crippen LogP contribution is -2.56. The number of hydrogen-bond acceptors (Lipinski definition) is 6. The minimum absolute atomic E-state index is 0. The van der Waals surface area contributed by atoms with Gasteiger partial charge < -0.3 is 25.4 Å². The fraction of sp³-hybridized carbons (Fsp3) is 0.517. The van der Waals surface area contributed by atoms with Gasteiger partial charge in [0.25, 0.3) is 11.8 Å². The van der Waals surface area contributed by atoms with Crippen molar-refractivity contribution in [3.8, 4) is 0 Å². The van der Waals surface area contributed by atoms with Crippen LogP contribution in [0.15, 0.2) is 24.3 Å². The van der Waals surface area contributed by atoms with Crippen LogP contribution >= 0.6 is 35.3 Å². The molecule has 3 atom stereocenters. The van der Waals surface area contributed by atoms with Crippen molar-refractivity contribution in [2.24, 2.45) is 5.92 Å². The number of nitrogens with zero attached hydrogens (tertiary/aromatic N) is 3. The molecule has 9 nitrogen and oxygen atoms in total. The number of piperidine rings is 1. The number of fused-ring (bicyclic) bond motifs is 2. The fourth-order valence-electron chi connectivity index (χ4n) is 6.22. The second kappa shape index (κ2) is 12.7. The van der Waals surface area contributed by atoms with E-state index in [0.717, 1.165) is 73.3 Å². The smallest absolute Gasteiger partial charge is 0.280 e. The number of amides is 3. The molecule has 2 aromatic heterocycles. The molecule has 0 radical (unpaired) electrons. The molecule has 3 amide bonds. The van der Waals surface area contributed by atoms with Gasteiger partial charge >= 0.3 is 0 Å². The van der Waals surface area contributed by atoms with Gasteiger partial charge in [-0.3, -0.25) is 14.4 Å². The first kappa shape index (κ1) is 29.8. The van der Waals surface area contributed by atoms with Gasteiger partial charge in [-0.2, -0.15) is 0 Å².